The van der Waals surface area contributed by atoms with E-state index in [9.17, 15) is 19.7 Å². The zero-order valence-corrected chi connectivity index (χ0v) is 17.2. The maximum absolute atomic E-state index is 12.6. The minimum atomic E-state index is -0.493. The van der Waals surface area contributed by atoms with Crippen molar-refractivity contribution < 1.29 is 14.5 Å². The van der Waals surface area contributed by atoms with Crippen LogP contribution < -0.4 is 10.6 Å². The number of para-hydroxylation sites is 1. The number of anilines is 2. The number of likely N-dealkylation sites (tertiary alicyclic amines) is 1. The van der Waals surface area contributed by atoms with Gasteiger partial charge in [0.1, 0.15) is 5.69 Å². The van der Waals surface area contributed by atoms with Crippen LogP contribution in [0.5, 0.6) is 0 Å². The lowest BCUT2D eigenvalue weighted by Crippen LogP contribution is -2.44. The number of nitrogens with zero attached hydrogens (tertiary/aromatic N) is 2. The number of nitro benzene ring substituents is 1. The van der Waals surface area contributed by atoms with Crippen molar-refractivity contribution >= 4 is 28.9 Å². The van der Waals surface area contributed by atoms with Crippen LogP contribution >= 0.6 is 0 Å². The van der Waals surface area contributed by atoms with E-state index in [1.54, 1.807) is 13.0 Å². The van der Waals surface area contributed by atoms with Gasteiger partial charge >= 0.3 is 0 Å². The average molecular weight is 410 g/mol. The van der Waals surface area contributed by atoms with Gasteiger partial charge in [-0.05, 0) is 62.6 Å². The number of amides is 2. The van der Waals surface area contributed by atoms with E-state index >= 15 is 0 Å². The molecule has 1 fully saturated rings. The summed E-state index contributed by atoms with van der Waals surface area (Å²) in [5.41, 5.74) is 2.49. The van der Waals surface area contributed by atoms with Crippen molar-refractivity contribution in [3.05, 3.63) is 63.7 Å². The standard InChI is InChI=1S/C22H26N4O4/c1-15-11-19(20(26(29)30)12-16(15)2)24-21(27)14-25-10-6-7-17(13-25)22(28)23-18-8-4-3-5-9-18/h3-5,8-9,11-12,17H,6-7,10,13-14H2,1-2H3,(H,23,28)(H,24,27). The molecule has 1 heterocycles. The molecule has 8 nitrogen and oxygen atoms in total. The molecule has 0 radical (unpaired) electrons. The van der Waals surface area contributed by atoms with Crippen LogP contribution in [0.25, 0.3) is 0 Å². The first-order chi connectivity index (χ1) is 14.3. The largest absolute Gasteiger partial charge is 0.326 e. The van der Waals surface area contributed by atoms with E-state index in [0.717, 1.165) is 29.7 Å². The van der Waals surface area contributed by atoms with Crippen molar-refractivity contribution in [1.29, 1.82) is 0 Å². The lowest BCUT2D eigenvalue weighted by atomic mass is 9.97. The van der Waals surface area contributed by atoms with Crippen molar-refractivity contribution in [1.82, 2.24) is 4.90 Å². The molecule has 158 valence electrons. The normalized spacial score (nSPS) is 16.7. The first kappa shape index (κ1) is 21.4. The second-order valence-electron chi connectivity index (χ2n) is 7.69. The number of aryl methyl sites for hydroxylation is 2. The molecule has 2 aromatic rings. The van der Waals surface area contributed by atoms with E-state index in [1.165, 1.54) is 6.07 Å². The summed E-state index contributed by atoms with van der Waals surface area (Å²) in [4.78, 5) is 37.9. The maximum atomic E-state index is 12.6. The fraction of sp³-hybridized carbons (Fsp3) is 0.364. The zero-order chi connectivity index (χ0) is 21.7. The average Bonchev–Trinajstić information content (AvgIpc) is 2.71. The second-order valence-corrected chi connectivity index (χ2v) is 7.69. The summed E-state index contributed by atoms with van der Waals surface area (Å²) < 4.78 is 0. The molecule has 0 aromatic heterocycles. The van der Waals surface area contributed by atoms with Crippen LogP contribution in [0.3, 0.4) is 0 Å². The number of nitrogens with one attached hydrogen (secondary N) is 2. The monoisotopic (exact) mass is 410 g/mol. The number of hydrogen-bond acceptors (Lipinski definition) is 5. The van der Waals surface area contributed by atoms with Crippen molar-refractivity contribution in [2.45, 2.75) is 26.7 Å². The molecule has 2 amide bonds. The highest BCUT2D eigenvalue weighted by Crippen LogP contribution is 2.28. The van der Waals surface area contributed by atoms with Gasteiger partial charge in [0.25, 0.3) is 5.69 Å². The highest BCUT2D eigenvalue weighted by molar-refractivity contribution is 5.95. The van der Waals surface area contributed by atoms with Crippen LogP contribution in [0.15, 0.2) is 42.5 Å². The van der Waals surface area contributed by atoms with E-state index in [1.807, 2.05) is 42.2 Å². The van der Waals surface area contributed by atoms with Gasteiger partial charge < -0.3 is 10.6 Å². The summed E-state index contributed by atoms with van der Waals surface area (Å²) >= 11 is 0. The summed E-state index contributed by atoms with van der Waals surface area (Å²) in [5.74, 6) is -0.593. The lowest BCUT2D eigenvalue weighted by Gasteiger charge is -2.31. The summed E-state index contributed by atoms with van der Waals surface area (Å²) in [5, 5.41) is 16.9. The van der Waals surface area contributed by atoms with Crippen molar-refractivity contribution in [3.8, 4) is 0 Å². The molecule has 0 saturated carbocycles. The fourth-order valence-corrected chi connectivity index (χ4v) is 3.62. The van der Waals surface area contributed by atoms with Gasteiger partial charge in [-0.15, -0.1) is 0 Å². The van der Waals surface area contributed by atoms with E-state index in [2.05, 4.69) is 10.6 Å². The highest BCUT2D eigenvalue weighted by Gasteiger charge is 2.27. The van der Waals surface area contributed by atoms with E-state index in [-0.39, 0.29) is 35.7 Å². The minimum Gasteiger partial charge on any atom is -0.326 e. The molecule has 1 saturated heterocycles. The molecule has 1 aliphatic rings. The van der Waals surface area contributed by atoms with Gasteiger partial charge in [0.05, 0.1) is 17.4 Å². The van der Waals surface area contributed by atoms with Crippen molar-refractivity contribution in [2.24, 2.45) is 5.92 Å². The van der Waals surface area contributed by atoms with Crippen LogP contribution in [-0.4, -0.2) is 41.3 Å². The third kappa shape index (κ3) is 5.42. The first-order valence-corrected chi connectivity index (χ1v) is 9.97. The van der Waals surface area contributed by atoms with Crippen LogP contribution in [-0.2, 0) is 9.59 Å². The van der Waals surface area contributed by atoms with Gasteiger partial charge in [0.2, 0.25) is 11.8 Å². The van der Waals surface area contributed by atoms with Crippen LogP contribution in [0.2, 0.25) is 0 Å². The fourth-order valence-electron chi connectivity index (χ4n) is 3.62. The Bertz CT molecular complexity index is 946. The number of benzene rings is 2. The van der Waals surface area contributed by atoms with Crippen LogP contribution in [0.1, 0.15) is 24.0 Å². The summed E-state index contributed by atoms with van der Waals surface area (Å²) in [6, 6.07) is 12.4. The summed E-state index contributed by atoms with van der Waals surface area (Å²) in [6.45, 7) is 4.90. The van der Waals surface area contributed by atoms with E-state index in [0.29, 0.717) is 13.1 Å². The molecule has 0 spiro atoms. The number of rotatable bonds is 6. The van der Waals surface area contributed by atoms with Crippen molar-refractivity contribution in [2.75, 3.05) is 30.3 Å². The molecule has 2 aromatic carbocycles. The number of carbonyl (C=O) groups is 2. The molecule has 1 atom stereocenters. The third-order valence-electron chi connectivity index (χ3n) is 5.37. The first-order valence-electron chi connectivity index (χ1n) is 9.97. The Labute approximate surface area is 175 Å². The maximum Gasteiger partial charge on any atom is 0.293 e. The predicted molar refractivity (Wildman–Crippen MR) is 115 cm³/mol. The van der Waals surface area contributed by atoms with Gasteiger partial charge in [-0.25, -0.2) is 0 Å². The van der Waals surface area contributed by atoms with Crippen molar-refractivity contribution in [3.63, 3.8) is 0 Å². The molecule has 0 bridgehead atoms. The smallest absolute Gasteiger partial charge is 0.293 e. The quantitative estimate of drug-likeness (QED) is 0.560. The molecule has 1 aliphatic heterocycles. The highest BCUT2D eigenvalue weighted by atomic mass is 16.6. The molecule has 1 unspecified atom stereocenters. The molecular formula is C22H26N4O4. The van der Waals surface area contributed by atoms with Crippen LogP contribution in [0.4, 0.5) is 17.1 Å². The Hall–Kier alpha value is -3.26. The van der Waals surface area contributed by atoms with E-state index < -0.39 is 4.92 Å². The lowest BCUT2D eigenvalue weighted by molar-refractivity contribution is -0.384. The number of piperidine rings is 1. The Balaban J connectivity index is 1.60. The zero-order valence-electron chi connectivity index (χ0n) is 17.2. The topological polar surface area (TPSA) is 105 Å². The van der Waals surface area contributed by atoms with Gasteiger partial charge in [-0.1, -0.05) is 18.2 Å². The Kier molecular flexibility index (Phi) is 6.79. The Morgan fingerprint density at radius 2 is 1.83 bits per heavy atom. The predicted octanol–water partition coefficient (Wildman–Crippen LogP) is 3.50. The van der Waals surface area contributed by atoms with Gasteiger partial charge in [-0.2, -0.15) is 0 Å². The molecular weight excluding hydrogens is 384 g/mol. The summed E-state index contributed by atoms with van der Waals surface area (Å²) in [6.07, 6.45) is 1.57. The third-order valence-corrected chi connectivity index (χ3v) is 5.37. The number of nitro groups is 1. The number of carbonyl (C=O) groups excluding carboxylic acids is 2. The van der Waals surface area contributed by atoms with Gasteiger partial charge in [0.15, 0.2) is 0 Å². The minimum absolute atomic E-state index is 0.0592. The second kappa shape index (κ2) is 9.49. The number of hydrogen-bond donors (Lipinski definition) is 2. The molecule has 8 heteroatoms. The van der Waals surface area contributed by atoms with Gasteiger partial charge in [0, 0.05) is 18.3 Å². The Morgan fingerprint density at radius 1 is 1.13 bits per heavy atom. The van der Waals surface area contributed by atoms with Gasteiger partial charge in [-0.3, -0.25) is 24.6 Å². The van der Waals surface area contributed by atoms with Crippen LogP contribution in [0, 0.1) is 29.9 Å². The molecule has 2 N–H and O–H groups in total. The van der Waals surface area contributed by atoms with E-state index in [4.69, 9.17) is 0 Å². The molecule has 3 rings (SSSR count). The molecule has 0 aliphatic carbocycles. The SMILES string of the molecule is Cc1cc(NC(=O)CN2CCCC(C(=O)Nc3ccccc3)C2)c([N+](=O)[O-])cc1C. The Morgan fingerprint density at radius 3 is 2.53 bits per heavy atom. The molecule has 30 heavy (non-hydrogen) atoms. The summed E-state index contributed by atoms with van der Waals surface area (Å²) in [7, 11) is 0.